The zero-order valence-electron chi connectivity index (χ0n) is 22.5. The number of benzene rings is 2. The van der Waals surface area contributed by atoms with Gasteiger partial charge in [-0.05, 0) is 61.7 Å². The van der Waals surface area contributed by atoms with E-state index in [4.69, 9.17) is 10.5 Å². The summed E-state index contributed by atoms with van der Waals surface area (Å²) in [6, 6.07) is 16.1. The quantitative estimate of drug-likeness (QED) is 0.241. The number of para-hydroxylation sites is 1. The highest BCUT2D eigenvalue weighted by molar-refractivity contribution is 7.21. The number of hydrogen-bond donors (Lipinski definition) is 4. The largest absolute Gasteiger partial charge is 0.457 e. The van der Waals surface area contributed by atoms with Gasteiger partial charge in [-0.2, -0.15) is 0 Å². The molecule has 1 aliphatic heterocycles. The summed E-state index contributed by atoms with van der Waals surface area (Å²) in [5.74, 6) is 0.833. The Bertz CT molecular complexity index is 1640. The van der Waals surface area contributed by atoms with Gasteiger partial charge in [0.15, 0.2) is 0 Å². The lowest BCUT2D eigenvalue weighted by Crippen LogP contribution is -2.54. The summed E-state index contributed by atoms with van der Waals surface area (Å²) in [5.41, 5.74) is 8.13. The number of urea groups is 1. The van der Waals surface area contributed by atoms with Crippen LogP contribution in [0.3, 0.4) is 0 Å². The summed E-state index contributed by atoms with van der Waals surface area (Å²) in [6.45, 7) is 1.82. The molecule has 5 N–H and O–H groups in total. The summed E-state index contributed by atoms with van der Waals surface area (Å²) in [5, 5.41) is 9.69. The van der Waals surface area contributed by atoms with Crippen molar-refractivity contribution in [2.45, 2.75) is 44.7 Å². The van der Waals surface area contributed by atoms with E-state index in [0.717, 1.165) is 37.0 Å². The molecule has 4 amide bonds. The lowest BCUT2D eigenvalue weighted by Gasteiger charge is -2.33. The van der Waals surface area contributed by atoms with Gasteiger partial charge in [0.2, 0.25) is 5.91 Å². The zero-order chi connectivity index (χ0) is 28.5. The van der Waals surface area contributed by atoms with E-state index in [1.54, 1.807) is 17.2 Å². The van der Waals surface area contributed by atoms with Gasteiger partial charge in [-0.15, -0.1) is 11.3 Å². The number of carbonyl (C=O) groups excluding carboxylic acids is 3. The lowest BCUT2D eigenvalue weighted by molar-refractivity contribution is -0.120. The van der Waals surface area contributed by atoms with Crippen LogP contribution in [-0.4, -0.2) is 41.5 Å². The van der Waals surface area contributed by atoms with E-state index in [1.165, 1.54) is 11.3 Å². The minimum absolute atomic E-state index is 0.100. The summed E-state index contributed by atoms with van der Waals surface area (Å²) in [6.07, 6.45) is 5.07. The third-order valence-corrected chi connectivity index (χ3v) is 8.55. The molecule has 0 saturated heterocycles. The van der Waals surface area contributed by atoms with Crippen molar-refractivity contribution in [2.75, 3.05) is 16.8 Å². The molecule has 11 heteroatoms. The number of aromatic nitrogens is 1. The fourth-order valence-corrected chi connectivity index (χ4v) is 6.55. The molecule has 10 nitrogen and oxygen atoms in total. The Labute approximate surface area is 240 Å². The second kappa shape index (κ2) is 11.2. The molecule has 1 fully saturated rings. The van der Waals surface area contributed by atoms with Gasteiger partial charge >= 0.3 is 6.03 Å². The molecular weight excluding hydrogens is 540 g/mol. The standard InChI is InChI=1S/C30H30N6O4S/c1-17-15-19(40-18-7-3-2-4-8-18)11-12-22(17)36-23-13-14-32-29-25(23)26(35-30(36)39)27(41-29)28(38)34-21-10-6-5-9-20(21)33-24(37)16-31/h2-4,7-8,11-15,20-21H,5-6,9-10,16,31H2,1H3,(H,33,37)(H,34,38)(H,35,39)/t20-,21+/m1/s1. The molecule has 0 unspecified atom stereocenters. The van der Waals surface area contributed by atoms with Crippen molar-refractivity contribution in [1.82, 2.24) is 15.6 Å². The molecule has 210 valence electrons. The molecule has 0 radical (unpaired) electrons. The molecule has 2 atom stereocenters. The Morgan fingerprint density at radius 3 is 2.54 bits per heavy atom. The SMILES string of the molecule is Cc1cc(Oc2ccccc2)ccc1N1C(=O)Nc2c(C(=O)N[C@H]3CCCC[C@H]3NC(=O)CN)sc3nccc1c23. The number of rotatable bonds is 7. The highest BCUT2D eigenvalue weighted by Crippen LogP contribution is 2.46. The smallest absolute Gasteiger partial charge is 0.331 e. The summed E-state index contributed by atoms with van der Waals surface area (Å²) in [4.78, 5) is 46.2. The number of pyridine rings is 1. The first kappa shape index (κ1) is 26.7. The maximum atomic E-state index is 13.6. The summed E-state index contributed by atoms with van der Waals surface area (Å²) < 4.78 is 5.97. The first-order valence-corrected chi connectivity index (χ1v) is 14.4. The molecule has 6 rings (SSSR count). The summed E-state index contributed by atoms with van der Waals surface area (Å²) in [7, 11) is 0. The van der Waals surface area contributed by atoms with Crippen LogP contribution >= 0.6 is 11.3 Å². The number of carbonyl (C=O) groups is 3. The fraction of sp³-hybridized carbons (Fsp3) is 0.267. The molecule has 2 aliphatic rings. The predicted octanol–water partition coefficient (Wildman–Crippen LogP) is 5.20. The van der Waals surface area contributed by atoms with Crippen molar-refractivity contribution in [3.63, 3.8) is 0 Å². The predicted molar refractivity (Wildman–Crippen MR) is 159 cm³/mol. The van der Waals surface area contributed by atoms with Gasteiger partial charge in [-0.1, -0.05) is 31.0 Å². The molecular formula is C30H30N6O4S. The molecule has 1 saturated carbocycles. The number of ether oxygens (including phenoxy) is 1. The van der Waals surface area contributed by atoms with E-state index in [0.29, 0.717) is 37.9 Å². The van der Waals surface area contributed by atoms with Crippen LogP contribution in [0.1, 0.15) is 40.9 Å². The van der Waals surface area contributed by atoms with Gasteiger partial charge in [-0.3, -0.25) is 14.5 Å². The summed E-state index contributed by atoms with van der Waals surface area (Å²) >= 11 is 1.23. The van der Waals surface area contributed by atoms with Crippen LogP contribution in [0.15, 0.2) is 60.8 Å². The monoisotopic (exact) mass is 570 g/mol. The molecule has 4 aromatic rings. The normalized spacial score (nSPS) is 18.1. The van der Waals surface area contributed by atoms with Gasteiger partial charge in [0.1, 0.15) is 21.2 Å². The first-order chi connectivity index (χ1) is 19.9. The van der Waals surface area contributed by atoms with Crippen LogP contribution in [0.4, 0.5) is 21.9 Å². The van der Waals surface area contributed by atoms with E-state index >= 15 is 0 Å². The van der Waals surface area contributed by atoms with Crippen molar-refractivity contribution in [2.24, 2.45) is 5.73 Å². The van der Waals surface area contributed by atoms with Crippen LogP contribution in [0.2, 0.25) is 0 Å². The number of amides is 4. The van der Waals surface area contributed by atoms with Crippen molar-refractivity contribution in [3.8, 4) is 11.5 Å². The maximum Gasteiger partial charge on any atom is 0.331 e. The van der Waals surface area contributed by atoms with Crippen molar-refractivity contribution in [1.29, 1.82) is 0 Å². The lowest BCUT2D eigenvalue weighted by atomic mass is 9.90. The Balaban J connectivity index is 1.30. The highest BCUT2D eigenvalue weighted by Gasteiger charge is 2.35. The number of thiophene rings is 1. The van der Waals surface area contributed by atoms with E-state index < -0.39 is 0 Å². The van der Waals surface area contributed by atoms with E-state index in [2.05, 4.69) is 20.9 Å². The second-order valence-corrected chi connectivity index (χ2v) is 11.2. The molecule has 2 aromatic heterocycles. The zero-order valence-corrected chi connectivity index (χ0v) is 23.3. The third-order valence-electron chi connectivity index (χ3n) is 7.45. The van der Waals surface area contributed by atoms with Gasteiger partial charge in [0, 0.05) is 18.3 Å². The average molecular weight is 571 g/mol. The topological polar surface area (TPSA) is 139 Å². The molecule has 41 heavy (non-hydrogen) atoms. The number of nitrogens with one attached hydrogen (secondary N) is 3. The molecule has 3 heterocycles. The van der Waals surface area contributed by atoms with Gasteiger partial charge in [-0.25, -0.2) is 9.78 Å². The fourth-order valence-electron chi connectivity index (χ4n) is 5.53. The van der Waals surface area contributed by atoms with Crippen molar-refractivity contribution in [3.05, 3.63) is 71.2 Å². The van der Waals surface area contributed by atoms with Gasteiger partial charge in [0.25, 0.3) is 5.91 Å². The maximum absolute atomic E-state index is 13.6. The third kappa shape index (κ3) is 5.21. The van der Waals surface area contributed by atoms with Crippen LogP contribution in [0, 0.1) is 6.92 Å². The number of anilines is 3. The van der Waals surface area contributed by atoms with Crippen molar-refractivity contribution >= 4 is 56.5 Å². The number of nitrogens with two attached hydrogens (primary N) is 1. The van der Waals surface area contributed by atoms with Crippen molar-refractivity contribution < 1.29 is 19.1 Å². The molecule has 0 spiro atoms. The van der Waals surface area contributed by atoms with Gasteiger partial charge < -0.3 is 26.4 Å². The highest BCUT2D eigenvalue weighted by atomic mass is 32.1. The van der Waals surface area contributed by atoms with Gasteiger partial charge in [0.05, 0.1) is 29.0 Å². The molecule has 1 aliphatic carbocycles. The Morgan fingerprint density at radius 1 is 1.05 bits per heavy atom. The van der Waals surface area contributed by atoms with E-state index in [-0.39, 0.29) is 36.5 Å². The average Bonchev–Trinajstić information content (AvgIpc) is 3.35. The van der Waals surface area contributed by atoms with E-state index in [9.17, 15) is 14.4 Å². The second-order valence-electron chi connectivity index (χ2n) is 10.2. The Kier molecular flexibility index (Phi) is 7.29. The Hall–Kier alpha value is -4.48. The van der Waals surface area contributed by atoms with E-state index in [1.807, 2.05) is 55.5 Å². The number of aryl methyl sites for hydroxylation is 1. The Morgan fingerprint density at radius 2 is 1.80 bits per heavy atom. The van der Waals surface area contributed by atoms with Crippen LogP contribution in [0.25, 0.3) is 10.2 Å². The minimum Gasteiger partial charge on any atom is -0.457 e. The van der Waals surface area contributed by atoms with Crippen LogP contribution in [-0.2, 0) is 4.79 Å². The number of hydrogen-bond acceptors (Lipinski definition) is 7. The molecule has 2 aromatic carbocycles. The molecule has 0 bridgehead atoms. The van der Waals surface area contributed by atoms with Crippen LogP contribution < -0.4 is 31.3 Å². The van der Waals surface area contributed by atoms with Crippen LogP contribution in [0.5, 0.6) is 11.5 Å². The number of nitrogens with zero attached hydrogens (tertiary/aromatic N) is 2. The minimum atomic E-state index is -0.372. The first-order valence-electron chi connectivity index (χ1n) is 13.6.